The van der Waals surface area contributed by atoms with Gasteiger partial charge in [0.1, 0.15) is 17.9 Å². The van der Waals surface area contributed by atoms with E-state index in [1.807, 2.05) is 0 Å². The predicted octanol–water partition coefficient (Wildman–Crippen LogP) is 1.59. The number of hydrogen-bond donors (Lipinski definition) is 2. The lowest BCUT2D eigenvalue weighted by molar-refractivity contribution is -0.125. The number of rotatable bonds is 5. The van der Waals surface area contributed by atoms with Gasteiger partial charge in [0.2, 0.25) is 5.91 Å². The summed E-state index contributed by atoms with van der Waals surface area (Å²) < 4.78 is 5.94. The fraction of sp³-hybridized carbons (Fsp3) is 0.450. The second-order valence-electron chi connectivity index (χ2n) is 7.30. The topological polar surface area (TPSA) is 87.7 Å². The molecule has 1 aliphatic carbocycles. The Morgan fingerprint density at radius 1 is 1.22 bits per heavy atom. The summed E-state index contributed by atoms with van der Waals surface area (Å²) in [5, 5.41) is 6.00. The third-order valence-electron chi connectivity index (χ3n) is 5.41. The maximum atomic E-state index is 12.8. The number of benzene rings is 1. The number of hydrogen-bond acceptors (Lipinski definition) is 5. The Balaban J connectivity index is 1.49. The molecule has 2 fully saturated rings. The van der Waals surface area contributed by atoms with Crippen LogP contribution in [0.3, 0.4) is 0 Å². The van der Waals surface area contributed by atoms with E-state index in [-0.39, 0.29) is 12.0 Å². The zero-order valence-corrected chi connectivity index (χ0v) is 15.3. The summed E-state index contributed by atoms with van der Waals surface area (Å²) in [6, 6.07) is 4.64. The third-order valence-corrected chi connectivity index (χ3v) is 5.41. The van der Waals surface area contributed by atoms with Crippen LogP contribution in [0.15, 0.2) is 30.5 Å². The lowest BCUT2D eigenvalue weighted by Crippen LogP contribution is -2.51. The lowest BCUT2D eigenvalue weighted by atomic mass is 9.89. The van der Waals surface area contributed by atoms with E-state index in [1.54, 1.807) is 18.2 Å². The van der Waals surface area contributed by atoms with Crippen molar-refractivity contribution in [1.82, 2.24) is 15.5 Å². The Morgan fingerprint density at radius 3 is 2.67 bits per heavy atom. The van der Waals surface area contributed by atoms with Gasteiger partial charge in [-0.1, -0.05) is 13.5 Å². The normalized spacial score (nSPS) is 27.3. The van der Waals surface area contributed by atoms with Gasteiger partial charge >= 0.3 is 0 Å². The number of piperidine rings is 1. The highest BCUT2D eigenvalue weighted by Gasteiger charge is 2.44. The molecule has 1 saturated carbocycles. The van der Waals surface area contributed by atoms with Crippen molar-refractivity contribution < 1.29 is 19.1 Å². The molecular weight excluding hydrogens is 346 g/mol. The molecule has 1 aromatic rings. The molecule has 1 saturated heterocycles. The first-order valence-electron chi connectivity index (χ1n) is 9.38. The molecule has 1 aromatic carbocycles. The Kier molecular flexibility index (Phi) is 4.47. The molecule has 0 bridgehead atoms. The molecule has 2 N–H and O–H groups in total. The molecule has 1 atom stereocenters. The van der Waals surface area contributed by atoms with Crippen molar-refractivity contribution in [2.75, 3.05) is 6.54 Å². The van der Waals surface area contributed by atoms with E-state index in [2.05, 4.69) is 24.1 Å². The van der Waals surface area contributed by atoms with Gasteiger partial charge < -0.3 is 15.4 Å². The Morgan fingerprint density at radius 2 is 1.96 bits per heavy atom. The first-order chi connectivity index (χ1) is 13.0. The SMILES string of the molecule is C=C1CCC(N2C(=O)c3ccc(O[C@H]4C[C@H](NCC)C4)cc3C2=O)C(=O)N1. The average molecular weight is 369 g/mol. The monoisotopic (exact) mass is 369 g/mol. The maximum Gasteiger partial charge on any atom is 0.262 e. The zero-order valence-electron chi connectivity index (χ0n) is 15.3. The van der Waals surface area contributed by atoms with E-state index in [9.17, 15) is 14.4 Å². The van der Waals surface area contributed by atoms with Crippen molar-refractivity contribution in [3.05, 3.63) is 41.6 Å². The smallest absolute Gasteiger partial charge is 0.262 e. The summed E-state index contributed by atoms with van der Waals surface area (Å²) in [5.74, 6) is -0.642. The van der Waals surface area contributed by atoms with Gasteiger partial charge in [-0.3, -0.25) is 19.3 Å². The standard InChI is InChI=1S/C20H23N3O4/c1-3-21-12-8-14(9-12)27-13-5-6-15-16(10-13)20(26)23(19(15)25)17-7-4-11(2)22-18(17)24/h5-6,10,12,14,17,21H,2-4,7-9H2,1H3,(H,22,24)/t12-,14-,17?. The van der Waals surface area contributed by atoms with Gasteiger partial charge in [-0.2, -0.15) is 0 Å². The van der Waals surface area contributed by atoms with E-state index in [0.29, 0.717) is 41.5 Å². The number of ether oxygens (including phenoxy) is 1. The van der Waals surface area contributed by atoms with E-state index in [0.717, 1.165) is 24.3 Å². The second kappa shape index (κ2) is 6.81. The Bertz CT molecular complexity index is 829. The molecule has 0 aromatic heterocycles. The molecule has 4 rings (SSSR count). The summed E-state index contributed by atoms with van der Waals surface area (Å²) in [5.41, 5.74) is 1.24. The molecule has 3 amide bonds. The number of imide groups is 1. The fourth-order valence-corrected chi connectivity index (χ4v) is 3.91. The predicted molar refractivity (Wildman–Crippen MR) is 98.4 cm³/mol. The minimum Gasteiger partial charge on any atom is -0.490 e. The molecule has 3 aliphatic rings. The van der Waals surface area contributed by atoms with Crippen molar-refractivity contribution in [3.63, 3.8) is 0 Å². The van der Waals surface area contributed by atoms with Crippen LogP contribution in [-0.4, -0.2) is 47.4 Å². The fourth-order valence-electron chi connectivity index (χ4n) is 3.91. The van der Waals surface area contributed by atoms with E-state index in [1.165, 1.54) is 0 Å². The van der Waals surface area contributed by atoms with Crippen LogP contribution in [-0.2, 0) is 4.79 Å². The maximum absolute atomic E-state index is 12.8. The first-order valence-corrected chi connectivity index (χ1v) is 9.38. The molecule has 142 valence electrons. The van der Waals surface area contributed by atoms with Crippen LogP contribution in [0, 0.1) is 0 Å². The van der Waals surface area contributed by atoms with E-state index in [4.69, 9.17) is 4.74 Å². The molecule has 7 heteroatoms. The molecule has 27 heavy (non-hydrogen) atoms. The number of amides is 3. The third kappa shape index (κ3) is 3.12. The van der Waals surface area contributed by atoms with Gasteiger partial charge in [-0.05, 0) is 50.4 Å². The molecular formula is C20H23N3O4. The van der Waals surface area contributed by atoms with E-state index >= 15 is 0 Å². The Labute approximate surface area is 157 Å². The number of nitrogens with one attached hydrogen (secondary N) is 2. The van der Waals surface area contributed by atoms with Crippen LogP contribution in [0.2, 0.25) is 0 Å². The number of nitrogens with zero attached hydrogens (tertiary/aromatic N) is 1. The highest BCUT2D eigenvalue weighted by molar-refractivity contribution is 6.23. The van der Waals surface area contributed by atoms with E-state index < -0.39 is 17.9 Å². The van der Waals surface area contributed by atoms with Gasteiger partial charge in [-0.25, -0.2) is 0 Å². The highest BCUT2D eigenvalue weighted by Crippen LogP contribution is 2.32. The van der Waals surface area contributed by atoms with Crippen LogP contribution in [0.5, 0.6) is 5.75 Å². The van der Waals surface area contributed by atoms with Crippen LogP contribution in [0.4, 0.5) is 0 Å². The van der Waals surface area contributed by atoms with Crippen LogP contribution in [0.25, 0.3) is 0 Å². The Hall–Kier alpha value is -2.67. The zero-order chi connectivity index (χ0) is 19.1. The lowest BCUT2D eigenvalue weighted by Gasteiger charge is -2.35. The second-order valence-corrected chi connectivity index (χ2v) is 7.30. The molecule has 7 nitrogen and oxygen atoms in total. The molecule has 0 spiro atoms. The quantitative estimate of drug-likeness (QED) is 0.770. The summed E-state index contributed by atoms with van der Waals surface area (Å²) in [4.78, 5) is 38.8. The van der Waals surface area contributed by atoms with Crippen molar-refractivity contribution in [2.24, 2.45) is 0 Å². The number of carbonyl (C=O) groups excluding carboxylic acids is 3. The molecule has 0 radical (unpaired) electrons. The molecule has 1 unspecified atom stereocenters. The minimum absolute atomic E-state index is 0.116. The van der Waals surface area contributed by atoms with Gasteiger partial charge in [0.25, 0.3) is 11.8 Å². The van der Waals surface area contributed by atoms with Gasteiger partial charge in [0, 0.05) is 11.7 Å². The van der Waals surface area contributed by atoms with Crippen LogP contribution >= 0.6 is 0 Å². The largest absolute Gasteiger partial charge is 0.490 e. The molecule has 2 aliphatic heterocycles. The first kappa shape index (κ1) is 17.7. The summed E-state index contributed by atoms with van der Waals surface area (Å²) in [6.07, 6.45) is 2.91. The summed E-state index contributed by atoms with van der Waals surface area (Å²) >= 11 is 0. The minimum atomic E-state index is -0.792. The molecule has 2 heterocycles. The van der Waals surface area contributed by atoms with Crippen molar-refractivity contribution in [2.45, 2.75) is 50.8 Å². The summed E-state index contributed by atoms with van der Waals surface area (Å²) in [6.45, 7) is 6.74. The van der Waals surface area contributed by atoms with Crippen molar-refractivity contribution >= 4 is 17.7 Å². The summed E-state index contributed by atoms with van der Waals surface area (Å²) in [7, 11) is 0. The van der Waals surface area contributed by atoms with Crippen molar-refractivity contribution in [3.8, 4) is 5.75 Å². The average Bonchev–Trinajstić information content (AvgIpc) is 2.84. The number of carbonyl (C=O) groups is 3. The van der Waals surface area contributed by atoms with Gasteiger partial charge in [-0.15, -0.1) is 0 Å². The highest BCUT2D eigenvalue weighted by atomic mass is 16.5. The van der Waals surface area contributed by atoms with Crippen LogP contribution in [0.1, 0.15) is 53.3 Å². The number of allylic oxidation sites excluding steroid dienone is 1. The van der Waals surface area contributed by atoms with Crippen LogP contribution < -0.4 is 15.4 Å². The van der Waals surface area contributed by atoms with Gasteiger partial charge in [0.15, 0.2) is 0 Å². The van der Waals surface area contributed by atoms with Crippen molar-refractivity contribution in [1.29, 1.82) is 0 Å². The number of fused-ring (bicyclic) bond motifs is 1. The van der Waals surface area contributed by atoms with Gasteiger partial charge in [0.05, 0.1) is 11.1 Å².